The fraction of sp³-hybridized carbons (Fsp3) is 0.917. The summed E-state index contributed by atoms with van der Waals surface area (Å²) in [4.78, 5) is 13.5. The lowest BCUT2D eigenvalue weighted by atomic mass is 9.83. The maximum absolute atomic E-state index is 11.2. The molecule has 0 aliphatic heterocycles. The number of rotatable bonds is 5. The second-order valence-electron chi connectivity index (χ2n) is 4.75. The van der Waals surface area contributed by atoms with Crippen molar-refractivity contribution in [2.24, 2.45) is 11.7 Å². The van der Waals surface area contributed by atoms with Gasteiger partial charge in [0.2, 0.25) is 5.91 Å². The number of nitrogens with two attached hydrogens (primary N) is 1. The Morgan fingerprint density at radius 3 is 2.75 bits per heavy atom. The van der Waals surface area contributed by atoms with Crippen molar-refractivity contribution in [3.63, 3.8) is 0 Å². The number of carbonyl (C=O) groups is 1. The van der Waals surface area contributed by atoms with Gasteiger partial charge in [-0.1, -0.05) is 12.8 Å². The Bertz CT molecular complexity index is 220. The highest BCUT2D eigenvalue weighted by Crippen LogP contribution is 2.27. The zero-order chi connectivity index (χ0) is 12.0. The van der Waals surface area contributed by atoms with Gasteiger partial charge in [-0.15, -0.1) is 0 Å². The van der Waals surface area contributed by atoms with Crippen LogP contribution < -0.4 is 11.1 Å². The summed E-state index contributed by atoms with van der Waals surface area (Å²) < 4.78 is 0. The molecule has 1 saturated carbocycles. The number of hydrogen-bond donors (Lipinski definition) is 2. The highest BCUT2D eigenvalue weighted by molar-refractivity contribution is 5.75. The minimum atomic E-state index is 0.118. The normalized spacial score (nSPS) is 25.8. The van der Waals surface area contributed by atoms with Gasteiger partial charge in [-0.25, -0.2) is 0 Å². The average Bonchev–Trinajstić information content (AvgIpc) is 2.35. The molecule has 0 heterocycles. The van der Waals surface area contributed by atoms with Crippen molar-refractivity contribution >= 4 is 5.91 Å². The first-order chi connectivity index (χ1) is 7.69. The first kappa shape index (κ1) is 13.5. The standard InChI is InChI=1S/C12H25N3O/c1-14-12(16)7-8-15(2)11-6-4-3-5-10(11)9-13/h10-11H,3-9,13H2,1-2H3,(H,14,16). The fourth-order valence-corrected chi connectivity index (χ4v) is 2.61. The van der Waals surface area contributed by atoms with E-state index in [4.69, 9.17) is 5.73 Å². The van der Waals surface area contributed by atoms with E-state index in [-0.39, 0.29) is 5.91 Å². The van der Waals surface area contributed by atoms with E-state index in [0.29, 0.717) is 18.4 Å². The molecule has 0 aromatic heterocycles. The van der Waals surface area contributed by atoms with Gasteiger partial charge in [0.15, 0.2) is 0 Å². The topological polar surface area (TPSA) is 58.4 Å². The lowest BCUT2D eigenvalue weighted by Gasteiger charge is -2.37. The summed E-state index contributed by atoms with van der Waals surface area (Å²) in [5, 5.41) is 2.66. The Hall–Kier alpha value is -0.610. The molecule has 2 unspecified atom stereocenters. The number of hydrogen-bond acceptors (Lipinski definition) is 3. The number of carbonyl (C=O) groups excluding carboxylic acids is 1. The summed E-state index contributed by atoms with van der Waals surface area (Å²) in [6.07, 6.45) is 5.66. The SMILES string of the molecule is CNC(=O)CCN(C)C1CCCCC1CN. The molecular formula is C12H25N3O. The molecule has 0 aromatic carbocycles. The molecule has 4 nitrogen and oxygen atoms in total. The van der Waals surface area contributed by atoms with Crippen molar-refractivity contribution in [2.75, 3.05) is 27.2 Å². The maximum atomic E-state index is 11.2. The predicted molar refractivity (Wildman–Crippen MR) is 66.1 cm³/mol. The summed E-state index contributed by atoms with van der Waals surface area (Å²) in [5.74, 6) is 0.732. The van der Waals surface area contributed by atoms with Gasteiger partial charge in [0, 0.05) is 26.1 Å². The Kier molecular flexibility index (Phi) is 5.77. The molecular weight excluding hydrogens is 202 g/mol. The van der Waals surface area contributed by atoms with Crippen LogP contribution in [0.1, 0.15) is 32.1 Å². The first-order valence-corrected chi connectivity index (χ1v) is 6.30. The van der Waals surface area contributed by atoms with Gasteiger partial charge in [-0.2, -0.15) is 0 Å². The van der Waals surface area contributed by atoms with Gasteiger partial charge in [-0.3, -0.25) is 4.79 Å². The van der Waals surface area contributed by atoms with E-state index >= 15 is 0 Å². The number of nitrogens with one attached hydrogen (secondary N) is 1. The lowest BCUT2D eigenvalue weighted by Crippen LogP contribution is -2.44. The quantitative estimate of drug-likeness (QED) is 0.722. The highest BCUT2D eigenvalue weighted by atomic mass is 16.1. The number of nitrogens with zero attached hydrogens (tertiary/aromatic N) is 1. The minimum absolute atomic E-state index is 0.118. The van der Waals surface area contributed by atoms with Gasteiger partial charge in [0.25, 0.3) is 0 Å². The minimum Gasteiger partial charge on any atom is -0.359 e. The van der Waals surface area contributed by atoms with Gasteiger partial charge >= 0.3 is 0 Å². The molecule has 2 atom stereocenters. The van der Waals surface area contributed by atoms with Crippen molar-refractivity contribution in [3.05, 3.63) is 0 Å². The third-order valence-corrected chi connectivity index (χ3v) is 3.71. The van der Waals surface area contributed by atoms with E-state index in [1.54, 1.807) is 7.05 Å². The van der Waals surface area contributed by atoms with Crippen LogP contribution in [0.5, 0.6) is 0 Å². The van der Waals surface area contributed by atoms with Gasteiger partial charge in [0.05, 0.1) is 0 Å². The van der Waals surface area contributed by atoms with Crippen LogP contribution in [0.25, 0.3) is 0 Å². The van der Waals surface area contributed by atoms with Crippen LogP contribution in [-0.2, 0) is 4.79 Å². The van der Waals surface area contributed by atoms with E-state index in [2.05, 4.69) is 17.3 Å². The van der Waals surface area contributed by atoms with Crippen LogP contribution >= 0.6 is 0 Å². The molecule has 0 spiro atoms. The monoisotopic (exact) mass is 227 g/mol. The number of amides is 1. The molecule has 94 valence electrons. The summed E-state index contributed by atoms with van der Waals surface area (Å²) in [7, 11) is 3.80. The van der Waals surface area contributed by atoms with Gasteiger partial charge in [0.1, 0.15) is 0 Å². The zero-order valence-corrected chi connectivity index (χ0v) is 10.5. The van der Waals surface area contributed by atoms with Crippen molar-refractivity contribution in [1.82, 2.24) is 10.2 Å². The molecule has 1 aliphatic rings. The van der Waals surface area contributed by atoms with E-state index in [1.165, 1.54) is 25.7 Å². The van der Waals surface area contributed by atoms with E-state index in [1.807, 2.05) is 0 Å². The van der Waals surface area contributed by atoms with Crippen molar-refractivity contribution in [1.29, 1.82) is 0 Å². The van der Waals surface area contributed by atoms with Crippen LogP contribution in [0, 0.1) is 5.92 Å². The Labute approximate surface area is 98.6 Å². The Balaban J connectivity index is 2.38. The van der Waals surface area contributed by atoms with Gasteiger partial charge in [-0.05, 0) is 32.4 Å². The molecule has 1 rings (SSSR count). The molecule has 1 amide bonds. The van der Waals surface area contributed by atoms with Gasteiger partial charge < -0.3 is 16.0 Å². The predicted octanol–water partition coefficient (Wildman–Crippen LogP) is 0.572. The lowest BCUT2D eigenvalue weighted by molar-refractivity contribution is -0.121. The van der Waals surface area contributed by atoms with Crippen LogP contribution in [0.4, 0.5) is 0 Å². The Morgan fingerprint density at radius 1 is 1.44 bits per heavy atom. The summed E-state index contributed by atoms with van der Waals surface area (Å²) in [6, 6.07) is 0.573. The van der Waals surface area contributed by atoms with Crippen LogP contribution in [0.3, 0.4) is 0 Å². The fourth-order valence-electron chi connectivity index (χ4n) is 2.61. The van der Waals surface area contributed by atoms with Crippen molar-refractivity contribution < 1.29 is 4.79 Å². The smallest absolute Gasteiger partial charge is 0.221 e. The van der Waals surface area contributed by atoms with E-state index in [0.717, 1.165) is 13.1 Å². The largest absolute Gasteiger partial charge is 0.359 e. The van der Waals surface area contributed by atoms with Crippen LogP contribution in [0.2, 0.25) is 0 Å². The highest BCUT2D eigenvalue weighted by Gasteiger charge is 2.27. The molecule has 0 saturated heterocycles. The second-order valence-corrected chi connectivity index (χ2v) is 4.75. The molecule has 16 heavy (non-hydrogen) atoms. The zero-order valence-electron chi connectivity index (χ0n) is 10.5. The second kappa shape index (κ2) is 6.86. The summed E-state index contributed by atoms with van der Waals surface area (Å²) >= 11 is 0. The maximum Gasteiger partial charge on any atom is 0.221 e. The van der Waals surface area contributed by atoms with Crippen LogP contribution in [-0.4, -0.2) is 44.0 Å². The Morgan fingerprint density at radius 2 is 2.12 bits per heavy atom. The molecule has 4 heteroatoms. The third kappa shape index (κ3) is 3.76. The van der Waals surface area contributed by atoms with Crippen LogP contribution in [0.15, 0.2) is 0 Å². The molecule has 3 N–H and O–H groups in total. The third-order valence-electron chi connectivity index (χ3n) is 3.71. The summed E-state index contributed by atoms with van der Waals surface area (Å²) in [6.45, 7) is 1.61. The first-order valence-electron chi connectivity index (χ1n) is 6.30. The molecule has 0 aromatic rings. The molecule has 1 aliphatic carbocycles. The average molecular weight is 227 g/mol. The van der Waals surface area contributed by atoms with E-state index in [9.17, 15) is 4.79 Å². The summed E-state index contributed by atoms with van der Waals surface area (Å²) in [5.41, 5.74) is 5.81. The van der Waals surface area contributed by atoms with Crippen molar-refractivity contribution in [3.8, 4) is 0 Å². The molecule has 0 bridgehead atoms. The molecule has 1 fully saturated rings. The molecule has 0 radical (unpaired) electrons. The van der Waals surface area contributed by atoms with Crippen molar-refractivity contribution in [2.45, 2.75) is 38.1 Å². The van der Waals surface area contributed by atoms with E-state index < -0.39 is 0 Å².